The van der Waals surface area contributed by atoms with Crippen molar-refractivity contribution >= 4 is 23.5 Å². The lowest BCUT2D eigenvalue weighted by Crippen LogP contribution is -2.23. The van der Waals surface area contributed by atoms with Gasteiger partial charge in [-0.3, -0.25) is 9.59 Å². The van der Waals surface area contributed by atoms with E-state index in [0.29, 0.717) is 6.42 Å². The lowest BCUT2D eigenvalue weighted by atomic mass is 9.99. The van der Waals surface area contributed by atoms with Gasteiger partial charge in [-0.05, 0) is 12.8 Å². The number of aliphatic carboxylic acids is 1. The molecule has 88 valence electrons. The highest BCUT2D eigenvalue weighted by Gasteiger charge is 2.23. The third-order valence-electron chi connectivity index (χ3n) is 2.38. The van der Waals surface area contributed by atoms with Gasteiger partial charge in [0, 0.05) is 11.3 Å². The Kier molecular flexibility index (Phi) is 6.32. The van der Waals surface area contributed by atoms with Crippen LogP contribution in [0.25, 0.3) is 0 Å². The van der Waals surface area contributed by atoms with Crippen LogP contribution in [0.4, 0.5) is 0 Å². The predicted octanol–water partition coefficient (Wildman–Crippen LogP) is 2.19. The van der Waals surface area contributed by atoms with Gasteiger partial charge in [0.1, 0.15) is 6.42 Å². The topological polar surface area (TPSA) is 63.6 Å². The monoisotopic (exact) mass is 236 g/mol. The number of carboxylic acid groups (broad SMARTS) is 1. The minimum Gasteiger partial charge on any atom is -0.481 e. The lowest BCUT2D eigenvalue weighted by Gasteiger charge is -2.23. The zero-order chi connectivity index (χ0) is 11.9. The van der Waals surface area contributed by atoms with E-state index < -0.39 is 18.4 Å². The molecule has 0 aliphatic carbocycles. The first-order chi connectivity index (χ1) is 6.93. The second-order valence-electron chi connectivity index (χ2n) is 3.40. The van der Waals surface area contributed by atoms with Crippen molar-refractivity contribution in [3.8, 4) is 0 Å². The molecule has 0 aromatic heterocycles. The fraction of sp³-hybridized carbons (Fsp3) is 0.800. The highest BCUT2D eigenvalue weighted by atomic mass is 35.5. The first kappa shape index (κ1) is 14.2. The molecule has 0 radical (unpaired) electrons. The summed E-state index contributed by atoms with van der Waals surface area (Å²) < 4.78 is 4.75. The number of hydrogen-bond acceptors (Lipinski definition) is 3. The molecular weight excluding hydrogens is 220 g/mol. The van der Waals surface area contributed by atoms with Gasteiger partial charge >= 0.3 is 11.9 Å². The van der Waals surface area contributed by atoms with Crippen LogP contribution >= 0.6 is 11.6 Å². The number of esters is 1. The quantitative estimate of drug-likeness (QED) is 0.418. The van der Waals surface area contributed by atoms with Crippen molar-refractivity contribution in [2.75, 3.05) is 6.61 Å². The maximum Gasteiger partial charge on any atom is 0.317 e. The second kappa shape index (κ2) is 6.67. The average molecular weight is 237 g/mol. The van der Waals surface area contributed by atoms with Crippen LogP contribution in [0.1, 0.15) is 39.5 Å². The van der Waals surface area contributed by atoms with E-state index in [9.17, 15) is 9.59 Å². The third kappa shape index (κ3) is 6.33. The van der Waals surface area contributed by atoms with Crippen molar-refractivity contribution < 1.29 is 19.4 Å². The maximum absolute atomic E-state index is 10.9. The first-order valence-corrected chi connectivity index (χ1v) is 5.37. The molecule has 0 saturated heterocycles. The summed E-state index contributed by atoms with van der Waals surface area (Å²) in [4.78, 5) is 20.7. The molecular formula is C10H17ClO4. The smallest absolute Gasteiger partial charge is 0.317 e. The second-order valence-corrected chi connectivity index (χ2v) is 4.20. The summed E-state index contributed by atoms with van der Waals surface area (Å²) in [7, 11) is 0. The highest BCUT2D eigenvalue weighted by molar-refractivity contribution is 6.23. The molecule has 15 heavy (non-hydrogen) atoms. The molecule has 0 aromatic rings. The Hall–Kier alpha value is -0.770. The molecule has 0 aromatic carbocycles. The summed E-state index contributed by atoms with van der Waals surface area (Å²) in [6.45, 7) is 4.11. The molecule has 1 N–H and O–H groups in total. The van der Waals surface area contributed by atoms with E-state index in [-0.39, 0.29) is 11.5 Å². The van der Waals surface area contributed by atoms with Crippen LogP contribution < -0.4 is 0 Å². The van der Waals surface area contributed by atoms with Crippen molar-refractivity contribution in [1.29, 1.82) is 0 Å². The van der Waals surface area contributed by atoms with Gasteiger partial charge in [0.25, 0.3) is 0 Å². The van der Waals surface area contributed by atoms with E-state index in [2.05, 4.69) is 0 Å². The van der Waals surface area contributed by atoms with Crippen molar-refractivity contribution in [3.63, 3.8) is 0 Å². The Bertz CT molecular complexity index is 223. The Labute approximate surface area is 94.6 Å². The molecule has 0 aliphatic heterocycles. The minimum atomic E-state index is -1.18. The summed E-state index contributed by atoms with van der Waals surface area (Å²) in [6.07, 6.45) is 1.55. The fourth-order valence-electron chi connectivity index (χ4n) is 1.13. The number of carbonyl (C=O) groups is 2. The Morgan fingerprint density at radius 3 is 2.27 bits per heavy atom. The van der Waals surface area contributed by atoms with Crippen molar-refractivity contribution in [1.82, 2.24) is 0 Å². The predicted molar refractivity (Wildman–Crippen MR) is 57.0 cm³/mol. The number of rotatable bonds is 7. The average Bonchev–Trinajstić information content (AvgIpc) is 2.16. The van der Waals surface area contributed by atoms with Crippen LogP contribution in [0.2, 0.25) is 0 Å². The van der Waals surface area contributed by atoms with E-state index in [1.165, 1.54) is 0 Å². The molecule has 0 aliphatic rings. The Balaban J connectivity index is 3.78. The highest BCUT2D eigenvalue weighted by Crippen LogP contribution is 2.27. The molecule has 0 bridgehead atoms. The Morgan fingerprint density at radius 2 is 1.87 bits per heavy atom. The molecule has 0 amide bonds. The summed E-state index contributed by atoms with van der Waals surface area (Å²) >= 11 is 6.19. The molecule has 0 rings (SSSR count). The molecule has 5 heteroatoms. The number of ether oxygens (including phenoxy) is 1. The number of carboxylic acids is 1. The van der Waals surface area contributed by atoms with Crippen LogP contribution in [0.5, 0.6) is 0 Å². The van der Waals surface area contributed by atoms with E-state index in [1.807, 2.05) is 13.8 Å². The first-order valence-electron chi connectivity index (χ1n) is 5.00. The van der Waals surface area contributed by atoms with Crippen molar-refractivity contribution in [2.45, 2.75) is 44.4 Å². The van der Waals surface area contributed by atoms with Gasteiger partial charge in [-0.15, -0.1) is 11.6 Å². The van der Waals surface area contributed by atoms with Crippen molar-refractivity contribution in [3.05, 3.63) is 0 Å². The normalized spacial score (nSPS) is 11.1. The third-order valence-corrected chi connectivity index (χ3v) is 3.10. The SMILES string of the molecule is CCC(Cl)(CC)CCOC(=O)CC(=O)O. The number of halogens is 1. The van der Waals surface area contributed by atoms with Gasteiger partial charge in [0.05, 0.1) is 6.61 Å². The van der Waals surface area contributed by atoms with Crippen LogP contribution in [0.3, 0.4) is 0 Å². The molecule has 0 saturated carbocycles. The summed E-state index contributed by atoms with van der Waals surface area (Å²) in [5.74, 6) is -1.89. The van der Waals surface area contributed by atoms with Crippen LogP contribution in [0, 0.1) is 0 Å². The molecule has 0 atom stereocenters. The van der Waals surface area contributed by atoms with Crippen LogP contribution in [-0.4, -0.2) is 28.5 Å². The summed E-state index contributed by atoms with van der Waals surface area (Å²) in [6, 6.07) is 0. The molecule has 0 spiro atoms. The molecule has 0 heterocycles. The van der Waals surface area contributed by atoms with E-state index >= 15 is 0 Å². The minimum absolute atomic E-state index is 0.178. The van der Waals surface area contributed by atoms with Gasteiger partial charge in [-0.25, -0.2) is 0 Å². The zero-order valence-electron chi connectivity index (χ0n) is 9.09. The Morgan fingerprint density at radius 1 is 1.33 bits per heavy atom. The molecule has 0 fully saturated rings. The van der Waals surface area contributed by atoms with Crippen molar-refractivity contribution in [2.24, 2.45) is 0 Å². The van der Waals surface area contributed by atoms with Gasteiger partial charge in [0.2, 0.25) is 0 Å². The van der Waals surface area contributed by atoms with Gasteiger partial charge in [-0.2, -0.15) is 0 Å². The summed E-state index contributed by atoms with van der Waals surface area (Å²) in [5, 5.41) is 8.31. The number of hydrogen-bond donors (Lipinski definition) is 1. The zero-order valence-corrected chi connectivity index (χ0v) is 9.84. The molecule has 4 nitrogen and oxygen atoms in total. The van der Waals surface area contributed by atoms with E-state index in [1.54, 1.807) is 0 Å². The van der Waals surface area contributed by atoms with Gasteiger partial charge in [-0.1, -0.05) is 13.8 Å². The van der Waals surface area contributed by atoms with Crippen LogP contribution in [0.15, 0.2) is 0 Å². The van der Waals surface area contributed by atoms with E-state index in [0.717, 1.165) is 12.8 Å². The largest absolute Gasteiger partial charge is 0.481 e. The number of carbonyl (C=O) groups excluding carboxylic acids is 1. The summed E-state index contributed by atoms with van der Waals surface area (Å²) in [5.41, 5.74) is 0. The fourth-order valence-corrected chi connectivity index (χ4v) is 1.20. The lowest BCUT2D eigenvalue weighted by molar-refractivity contribution is -0.151. The molecule has 0 unspecified atom stereocenters. The van der Waals surface area contributed by atoms with Gasteiger partial charge in [0.15, 0.2) is 0 Å². The standard InChI is InChI=1S/C10H17ClO4/c1-3-10(11,4-2)5-6-15-9(14)7-8(12)13/h3-7H2,1-2H3,(H,12,13). The van der Waals surface area contributed by atoms with Crippen LogP contribution in [-0.2, 0) is 14.3 Å². The van der Waals surface area contributed by atoms with E-state index in [4.69, 9.17) is 21.4 Å². The van der Waals surface area contributed by atoms with Gasteiger partial charge < -0.3 is 9.84 Å². The number of alkyl halides is 1. The maximum atomic E-state index is 10.9.